The molecule has 1 aromatic heterocycles. The number of anilines is 1. The zero-order valence-corrected chi connectivity index (χ0v) is 13.4. The van der Waals surface area contributed by atoms with Gasteiger partial charge in [-0.25, -0.2) is 9.78 Å². The first-order valence-corrected chi connectivity index (χ1v) is 7.61. The van der Waals surface area contributed by atoms with Gasteiger partial charge >= 0.3 is 5.97 Å². The number of amides is 1. The lowest BCUT2D eigenvalue weighted by Gasteiger charge is -2.09. The summed E-state index contributed by atoms with van der Waals surface area (Å²) < 4.78 is 0.485. The summed E-state index contributed by atoms with van der Waals surface area (Å²) in [6, 6.07) is 4.39. The minimum absolute atomic E-state index is 0.000343. The van der Waals surface area contributed by atoms with E-state index < -0.39 is 11.9 Å². The van der Waals surface area contributed by atoms with Crippen molar-refractivity contribution >= 4 is 44.8 Å². The van der Waals surface area contributed by atoms with Crippen molar-refractivity contribution < 1.29 is 14.7 Å². The Morgan fingerprint density at radius 3 is 2.76 bits per heavy atom. The first-order valence-electron chi connectivity index (χ1n) is 5.94. The summed E-state index contributed by atoms with van der Waals surface area (Å²) >= 11 is 4.52. The second kappa shape index (κ2) is 6.33. The molecule has 1 aromatic carbocycles. The third-order valence-corrected chi connectivity index (χ3v) is 4.33. The number of nitrogens with one attached hydrogen (secondary N) is 1. The van der Waals surface area contributed by atoms with Crippen molar-refractivity contribution in [3.8, 4) is 0 Å². The topological polar surface area (TPSA) is 105 Å². The smallest absolute Gasteiger partial charge is 0.337 e. The Balaban J connectivity index is 2.29. The van der Waals surface area contributed by atoms with Crippen LogP contribution in [0.4, 0.5) is 5.69 Å². The largest absolute Gasteiger partial charge is 0.478 e. The van der Waals surface area contributed by atoms with Gasteiger partial charge in [0, 0.05) is 9.85 Å². The van der Waals surface area contributed by atoms with Gasteiger partial charge in [-0.3, -0.25) is 4.79 Å². The maximum atomic E-state index is 12.2. The number of nitrogens with two attached hydrogens (primary N) is 1. The van der Waals surface area contributed by atoms with E-state index in [9.17, 15) is 9.59 Å². The Morgan fingerprint density at radius 2 is 2.19 bits per heavy atom. The van der Waals surface area contributed by atoms with Crippen LogP contribution in [-0.2, 0) is 0 Å². The first kappa shape index (κ1) is 15.6. The molecule has 0 saturated heterocycles. The summed E-state index contributed by atoms with van der Waals surface area (Å²) in [5.74, 6) is -1.60. The van der Waals surface area contributed by atoms with Crippen LogP contribution in [0.1, 0.15) is 38.8 Å². The van der Waals surface area contributed by atoms with Crippen LogP contribution in [-0.4, -0.2) is 22.0 Å². The van der Waals surface area contributed by atoms with Crippen molar-refractivity contribution in [2.75, 3.05) is 5.32 Å². The molecule has 1 heterocycles. The van der Waals surface area contributed by atoms with E-state index in [1.165, 1.54) is 17.4 Å². The first-order chi connectivity index (χ1) is 9.90. The summed E-state index contributed by atoms with van der Waals surface area (Å²) in [5.41, 5.74) is 6.11. The molecule has 0 aliphatic carbocycles. The molecule has 1 amide bonds. The minimum Gasteiger partial charge on any atom is -0.478 e. The monoisotopic (exact) mass is 369 g/mol. The number of nitrogens with zero attached hydrogens (tertiary/aromatic N) is 1. The number of rotatable bonds is 4. The fraction of sp³-hybridized carbons (Fsp3) is 0.154. The third kappa shape index (κ3) is 3.46. The average Bonchev–Trinajstić information content (AvgIpc) is 2.90. The molecule has 2 rings (SSSR count). The molecule has 21 heavy (non-hydrogen) atoms. The number of aromatic nitrogens is 1. The summed E-state index contributed by atoms with van der Waals surface area (Å²) in [5, 5.41) is 13.9. The van der Waals surface area contributed by atoms with Gasteiger partial charge in [-0.1, -0.05) is 6.07 Å². The molecule has 0 radical (unpaired) electrons. The number of aromatic carboxylic acids is 1. The lowest BCUT2D eigenvalue weighted by Crippen LogP contribution is -2.16. The van der Waals surface area contributed by atoms with Gasteiger partial charge in [0.2, 0.25) is 0 Å². The van der Waals surface area contributed by atoms with Crippen molar-refractivity contribution in [3.05, 3.63) is 44.3 Å². The molecular formula is C13H12BrN3O3S. The van der Waals surface area contributed by atoms with Crippen LogP contribution in [0.5, 0.6) is 0 Å². The molecule has 8 heteroatoms. The SMILES string of the molecule is CC(N)c1nc(C(=O)Nc2c(Br)cccc2C(=O)O)cs1. The molecule has 0 aliphatic rings. The van der Waals surface area contributed by atoms with Crippen LogP contribution in [0.2, 0.25) is 0 Å². The maximum absolute atomic E-state index is 12.2. The molecule has 1 atom stereocenters. The summed E-state index contributed by atoms with van der Waals surface area (Å²) in [7, 11) is 0. The molecule has 0 fully saturated rings. The van der Waals surface area contributed by atoms with Crippen molar-refractivity contribution in [2.45, 2.75) is 13.0 Å². The standard InChI is InChI=1S/C13H12BrN3O3S/c1-6(15)12-16-9(5-21-12)11(18)17-10-7(13(19)20)3-2-4-8(10)14/h2-6H,15H2,1H3,(H,17,18)(H,19,20). The van der Waals surface area contributed by atoms with Gasteiger partial charge in [-0.05, 0) is 35.0 Å². The molecule has 0 saturated carbocycles. The predicted octanol–water partition coefficient (Wildman–Crippen LogP) is 2.88. The Bertz CT molecular complexity index is 700. The van der Waals surface area contributed by atoms with Gasteiger partial charge in [0.25, 0.3) is 5.91 Å². The van der Waals surface area contributed by atoms with E-state index in [0.717, 1.165) is 0 Å². The van der Waals surface area contributed by atoms with Crippen molar-refractivity contribution in [1.29, 1.82) is 0 Å². The highest BCUT2D eigenvalue weighted by Crippen LogP contribution is 2.27. The summed E-state index contributed by atoms with van der Waals surface area (Å²) in [6.07, 6.45) is 0. The zero-order valence-electron chi connectivity index (χ0n) is 11.0. The molecule has 0 bridgehead atoms. The number of carboxylic acid groups (broad SMARTS) is 1. The number of carbonyl (C=O) groups is 2. The highest BCUT2D eigenvalue weighted by atomic mass is 79.9. The predicted molar refractivity (Wildman–Crippen MR) is 83.8 cm³/mol. The van der Waals surface area contributed by atoms with Crippen molar-refractivity contribution in [1.82, 2.24) is 4.98 Å². The zero-order chi connectivity index (χ0) is 15.6. The summed E-state index contributed by atoms with van der Waals surface area (Å²) in [4.78, 5) is 27.5. The number of carbonyl (C=O) groups excluding carboxylic acids is 1. The lowest BCUT2D eigenvalue weighted by molar-refractivity contribution is 0.0698. The van der Waals surface area contributed by atoms with Crippen LogP contribution in [0.25, 0.3) is 0 Å². The fourth-order valence-corrected chi connectivity index (χ4v) is 2.83. The molecule has 0 spiro atoms. The maximum Gasteiger partial charge on any atom is 0.337 e. The summed E-state index contributed by atoms with van der Waals surface area (Å²) in [6.45, 7) is 1.77. The Kier molecular flexibility index (Phi) is 4.71. The van der Waals surface area contributed by atoms with Crippen LogP contribution in [0, 0.1) is 0 Å². The third-order valence-electron chi connectivity index (χ3n) is 2.63. The molecule has 0 aliphatic heterocycles. The van der Waals surface area contributed by atoms with Crippen LogP contribution in [0.15, 0.2) is 28.1 Å². The highest BCUT2D eigenvalue weighted by molar-refractivity contribution is 9.10. The molecule has 1 unspecified atom stereocenters. The second-order valence-electron chi connectivity index (χ2n) is 4.28. The van der Waals surface area contributed by atoms with E-state index in [1.807, 2.05) is 0 Å². The van der Waals surface area contributed by atoms with E-state index in [0.29, 0.717) is 9.48 Å². The molecule has 2 aromatic rings. The van der Waals surface area contributed by atoms with Gasteiger partial charge in [-0.2, -0.15) is 0 Å². The average molecular weight is 370 g/mol. The minimum atomic E-state index is -1.12. The number of hydrogen-bond donors (Lipinski definition) is 3. The molecule has 4 N–H and O–H groups in total. The number of hydrogen-bond acceptors (Lipinski definition) is 5. The Labute approximate surface area is 133 Å². The van der Waals surface area contributed by atoms with E-state index in [2.05, 4.69) is 26.2 Å². The molecular weight excluding hydrogens is 358 g/mol. The normalized spacial score (nSPS) is 12.0. The Morgan fingerprint density at radius 1 is 1.48 bits per heavy atom. The van der Waals surface area contributed by atoms with Crippen molar-refractivity contribution in [3.63, 3.8) is 0 Å². The van der Waals surface area contributed by atoms with Gasteiger partial charge in [0.1, 0.15) is 10.7 Å². The quantitative estimate of drug-likeness (QED) is 0.768. The van der Waals surface area contributed by atoms with E-state index in [-0.39, 0.29) is 23.0 Å². The van der Waals surface area contributed by atoms with E-state index in [1.54, 1.807) is 24.4 Å². The van der Waals surface area contributed by atoms with E-state index >= 15 is 0 Å². The van der Waals surface area contributed by atoms with Gasteiger partial charge < -0.3 is 16.2 Å². The lowest BCUT2D eigenvalue weighted by atomic mass is 10.2. The van der Waals surface area contributed by atoms with Crippen LogP contribution in [0.3, 0.4) is 0 Å². The number of para-hydroxylation sites is 1. The van der Waals surface area contributed by atoms with Gasteiger partial charge in [0.05, 0.1) is 17.3 Å². The fourth-order valence-electron chi connectivity index (χ4n) is 1.61. The number of carboxylic acids is 1. The van der Waals surface area contributed by atoms with Gasteiger partial charge in [0.15, 0.2) is 0 Å². The molecule has 110 valence electrons. The number of thiazole rings is 1. The van der Waals surface area contributed by atoms with Crippen molar-refractivity contribution in [2.24, 2.45) is 5.73 Å². The Hall–Kier alpha value is -1.77. The number of halogens is 1. The molecule has 6 nitrogen and oxygen atoms in total. The van der Waals surface area contributed by atoms with Crippen LogP contribution < -0.4 is 11.1 Å². The highest BCUT2D eigenvalue weighted by Gasteiger charge is 2.18. The van der Waals surface area contributed by atoms with E-state index in [4.69, 9.17) is 10.8 Å². The van der Waals surface area contributed by atoms with Gasteiger partial charge in [-0.15, -0.1) is 11.3 Å². The number of benzene rings is 1. The second-order valence-corrected chi connectivity index (χ2v) is 6.03. The van der Waals surface area contributed by atoms with Crippen LogP contribution >= 0.6 is 27.3 Å².